The summed E-state index contributed by atoms with van der Waals surface area (Å²) in [5.74, 6) is -0.206. The van der Waals surface area contributed by atoms with Crippen molar-refractivity contribution in [1.29, 1.82) is 0 Å². The monoisotopic (exact) mass is 519 g/mol. The molecule has 6 heteroatoms. The van der Waals surface area contributed by atoms with Crippen LogP contribution in [0.3, 0.4) is 0 Å². The Morgan fingerprint density at radius 1 is 1.27 bits per heavy atom. The number of nitrogens with one attached hydrogen (secondary N) is 1. The normalized spacial score (nSPS) is 26.9. The van der Waals surface area contributed by atoms with Gasteiger partial charge in [0.15, 0.2) is 0 Å². The van der Waals surface area contributed by atoms with E-state index >= 15 is 0 Å². The number of amides is 1. The van der Waals surface area contributed by atoms with Gasteiger partial charge in [-0.1, -0.05) is 39.3 Å². The SMILES string of the molecule is CC=CC(NC(=O)c1ccc2c(c1)CCCC1CC(O)(CC(C)C)CCC21CC(F)(F)F)=C(C)CCC. The summed E-state index contributed by atoms with van der Waals surface area (Å²) < 4.78 is 42.2. The van der Waals surface area contributed by atoms with Crippen LogP contribution in [0, 0.1) is 11.8 Å². The molecule has 0 bridgehead atoms. The average Bonchev–Trinajstić information content (AvgIpc) is 2.93. The first kappa shape index (κ1) is 29.5. The number of carbonyl (C=O) groups is 1. The van der Waals surface area contributed by atoms with Gasteiger partial charge >= 0.3 is 6.18 Å². The Hall–Kier alpha value is -2.08. The van der Waals surface area contributed by atoms with Crippen LogP contribution >= 0.6 is 0 Å². The number of benzene rings is 1. The molecule has 3 atom stereocenters. The van der Waals surface area contributed by atoms with Crippen molar-refractivity contribution >= 4 is 5.91 Å². The van der Waals surface area contributed by atoms with Crippen molar-refractivity contribution in [3.63, 3.8) is 0 Å². The molecule has 1 fully saturated rings. The molecular weight excluding hydrogens is 475 g/mol. The Labute approximate surface area is 220 Å². The first-order valence-corrected chi connectivity index (χ1v) is 13.9. The van der Waals surface area contributed by atoms with Crippen molar-refractivity contribution in [2.45, 2.75) is 116 Å². The number of hydrogen-bond acceptors (Lipinski definition) is 2. The van der Waals surface area contributed by atoms with Gasteiger partial charge in [0.05, 0.1) is 12.0 Å². The topological polar surface area (TPSA) is 49.3 Å². The summed E-state index contributed by atoms with van der Waals surface area (Å²) >= 11 is 0. The highest BCUT2D eigenvalue weighted by Crippen LogP contribution is 2.57. The summed E-state index contributed by atoms with van der Waals surface area (Å²) in [5.41, 5.74) is 1.93. The predicted octanol–water partition coefficient (Wildman–Crippen LogP) is 8.17. The van der Waals surface area contributed by atoms with Gasteiger partial charge in [-0.25, -0.2) is 0 Å². The van der Waals surface area contributed by atoms with Gasteiger partial charge < -0.3 is 10.4 Å². The molecule has 0 aliphatic heterocycles. The number of rotatable bonds is 8. The lowest BCUT2D eigenvalue weighted by Crippen LogP contribution is -2.50. The number of carbonyl (C=O) groups excluding carboxylic acids is 1. The van der Waals surface area contributed by atoms with Crippen molar-refractivity contribution in [3.8, 4) is 0 Å². The van der Waals surface area contributed by atoms with E-state index in [2.05, 4.69) is 12.2 Å². The quantitative estimate of drug-likeness (QED) is 0.340. The summed E-state index contributed by atoms with van der Waals surface area (Å²) in [6, 6.07) is 5.27. The molecule has 3 unspecified atom stereocenters. The largest absolute Gasteiger partial charge is 0.390 e. The number of aryl methyl sites for hydroxylation is 1. The van der Waals surface area contributed by atoms with Gasteiger partial charge in [0.1, 0.15) is 0 Å². The van der Waals surface area contributed by atoms with Crippen molar-refractivity contribution in [2.24, 2.45) is 11.8 Å². The first-order valence-electron chi connectivity index (χ1n) is 13.9. The van der Waals surface area contributed by atoms with E-state index in [0.29, 0.717) is 44.1 Å². The third-order valence-electron chi connectivity index (χ3n) is 8.32. The molecule has 0 saturated heterocycles. The third-order valence-corrected chi connectivity index (χ3v) is 8.32. The van der Waals surface area contributed by atoms with E-state index in [9.17, 15) is 23.1 Å². The summed E-state index contributed by atoms with van der Waals surface area (Å²) in [5, 5.41) is 14.3. The van der Waals surface area contributed by atoms with Gasteiger partial charge in [-0.3, -0.25) is 4.79 Å². The van der Waals surface area contributed by atoms with E-state index in [1.165, 1.54) is 0 Å². The number of halogens is 3. The van der Waals surface area contributed by atoms with Crippen LogP contribution in [0.5, 0.6) is 0 Å². The number of alkyl halides is 3. The number of hydrogen-bond donors (Lipinski definition) is 2. The van der Waals surface area contributed by atoms with Gasteiger partial charge in [0.25, 0.3) is 5.91 Å². The zero-order chi connectivity index (χ0) is 27.4. The molecule has 1 aromatic rings. The molecule has 1 saturated carbocycles. The Morgan fingerprint density at radius 3 is 2.62 bits per heavy atom. The smallest absolute Gasteiger partial charge is 0.389 e. The van der Waals surface area contributed by atoms with E-state index in [1.807, 2.05) is 45.9 Å². The van der Waals surface area contributed by atoms with Crippen LogP contribution in [0.4, 0.5) is 13.2 Å². The lowest BCUT2D eigenvalue weighted by atomic mass is 9.55. The average molecular weight is 520 g/mol. The predicted molar refractivity (Wildman–Crippen MR) is 143 cm³/mol. The minimum absolute atomic E-state index is 0.242. The van der Waals surface area contributed by atoms with Crippen LogP contribution < -0.4 is 5.32 Å². The Bertz CT molecular complexity index is 1030. The molecule has 3 rings (SSSR count). The standard InChI is InChI=1S/C31H44F3NO2/c1-6-9-22(5)27(10-7-2)35-28(36)24-13-14-26-23(17-24)11-8-12-25-19-29(37,18-21(3)4)15-16-30(25,26)20-31(32,33)34/h7,10,13-14,17,21,25,37H,6,8-9,11-12,15-16,18-20H2,1-5H3,(H,35,36). The van der Waals surface area contributed by atoms with E-state index in [-0.39, 0.29) is 17.7 Å². The zero-order valence-electron chi connectivity index (χ0n) is 23.1. The van der Waals surface area contributed by atoms with Crippen LogP contribution in [0.2, 0.25) is 0 Å². The van der Waals surface area contributed by atoms with Gasteiger partial charge in [-0.15, -0.1) is 0 Å². The van der Waals surface area contributed by atoms with Gasteiger partial charge in [0, 0.05) is 16.7 Å². The zero-order valence-corrected chi connectivity index (χ0v) is 23.1. The van der Waals surface area contributed by atoms with Crippen LogP contribution in [0.15, 0.2) is 41.6 Å². The minimum atomic E-state index is -4.31. The molecular formula is C31H44F3NO2. The highest BCUT2D eigenvalue weighted by Gasteiger charge is 2.55. The summed E-state index contributed by atoms with van der Waals surface area (Å²) in [6.07, 6.45) is 4.14. The van der Waals surface area contributed by atoms with E-state index in [1.54, 1.807) is 12.1 Å². The summed E-state index contributed by atoms with van der Waals surface area (Å²) in [6.45, 7) is 10.1. The first-order chi connectivity index (χ1) is 17.3. The van der Waals surface area contributed by atoms with E-state index in [0.717, 1.165) is 41.7 Å². The number of allylic oxidation sites excluding steroid dienone is 3. The van der Waals surface area contributed by atoms with Crippen molar-refractivity contribution < 1.29 is 23.1 Å². The van der Waals surface area contributed by atoms with Crippen molar-refractivity contribution in [3.05, 3.63) is 58.3 Å². The molecule has 2 aliphatic rings. The lowest BCUT2D eigenvalue weighted by Gasteiger charge is -2.51. The molecule has 1 amide bonds. The van der Waals surface area contributed by atoms with Crippen LogP contribution in [-0.2, 0) is 11.8 Å². The molecule has 1 aromatic carbocycles. The number of aliphatic hydroxyl groups is 1. The molecule has 206 valence electrons. The second-order valence-corrected chi connectivity index (χ2v) is 11.8. The number of fused-ring (bicyclic) bond motifs is 3. The Balaban J connectivity index is 1.99. The molecule has 0 heterocycles. The van der Waals surface area contributed by atoms with Crippen molar-refractivity contribution in [2.75, 3.05) is 0 Å². The molecule has 2 aliphatic carbocycles. The second kappa shape index (κ2) is 11.8. The van der Waals surface area contributed by atoms with Crippen LogP contribution in [-0.4, -0.2) is 22.8 Å². The highest BCUT2D eigenvalue weighted by atomic mass is 19.4. The molecule has 2 N–H and O–H groups in total. The maximum absolute atomic E-state index is 14.1. The maximum atomic E-state index is 14.1. The minimum Gasteiger partial charge on any atom is -0.390 e. The fraction of sp³-hybridized carbons (Fsp3) is 0.645. The highest BCUT2D eigenvalue weighted by molar-refractivity contribution is 5.96. The second-order valence-electron chi connectivity index (χ2n) is 11.8. The van der Waals surface area contributed by atoms with Gasteiger partial charge in [-0.2, -0.15) is 13.2 Å². The Morgan fingerprint density at radius 2 is 2.00 bits per heavy atom. The Kier molecular flexibility index (Phi) is 9.36. The summed E-state index contributed by atoms with van der Waals surface area (Å²) in [4.78, 5) is 13.2. The van der Waals surface area contributed by atoms with Gasteiger partial charge in [0.2, 0.25) is 0 Å². The third kappa shape index (κ3) is 7.07. The van der Waals surface area contributed by atoms with Crippen molar-refractivity contribution in [1.82, 2.24) is 5.32 Å². The van der Waals surface area contributed by atoms with Gasteiger partial charge in [-0.05, 0) is 112 Å². The maximum Gasteiger partial charge on any atom is 0.389 e. The fourth-order valence-corrected chi connectivity index (χ4v) is 6.91. The molecule has 0 spiro atoms. The molecule has 0 aromatic heterocycles. The molecule has 37 heavy (non-hydrogen) atoms. The molecule has 0 radical (unpaired) electrons. The van der Waals surface area contributed by atoms with E-state index < -0.39 is 23.6 Å². The van der Waals surface area contributed by atoms with Crippen LogP contribution in [0.25, 0.3) is 0 Å². The van der Waals surface area contributed by atoms with E-state index in [4.69, 9.17) is 0 Å². The van der Waals surface area contributed by atoms with Crippen LogP contribution in [0.1, 0.15) is 114 Å². The lowest BCUT2D eigenvalue weighted by molar-refractivity contribution is -0.166. The fourth-order valence-electron chi connectivity index (χ4n) is 6.91. The molecule has 3 nitrogen and oxygen atoms in total. The summed E-state index contributed by atoms with van der Waals surface area (Å²) in [7, 11) is 0.